The minimum atomic E-state index is -1.35. The van der Waals surface area contributed by atoms with Gasteiger partial charge in [-0.3, -0.25) is 9.59 Å². The van der Waals surface area contributed by atoms with E-state index in [1.54, 1.807) is 0 Å². The van der Waals surface area contributed by atoms with E-state index in [9.17, 15) is 19.2 Å². The summed E-state index contributed by atoms with van der Waals surface area (Å²) in [6.07, 6.45) is -0.663. The van der Waals surface area contributed by atoms with E-state index >= 15 is 0 Å². The lowest BCUT2D eigenvalue weighted by Crippen LogP contribution is -2.43. The molecule has 0 unspecified atom stereocenters. The molecule has 0 fully saturated rings. The first-order valence-electron chi connectivity index (χ1n) is 6.49. The van der Waals surface area contributed by atoms with Gasteiger partial charge in [0, 0.05) is 6.42 Å². The molecule has 0 saturated carbocycles. The SMILES string of the molecule is O=C(O)CC[C@H](NC(=O)COc1cccc(C(=O)O)c1)C(=O)O. The predicted molar refractivity (Wildman–Crippen MR) is 75.3 cm³/mol. The molecule has 0 heterocycles. The van der Waals surface area contributed by atoms with Gasteiger partial charge in [-0.25, -0.2) is 9.59 Å². The van der Waals surface area contributed by atoms with Crippen LogP contribution in [0.25, 0.3) is 0 Å². The lowest BCUT2D eigenvalue weighted by Gasteiger charge is -2.14. The summed E-state index contributed by atoms with van der Waals surface area (Å²) in [7, 11) is 0. The van der Waals surface area contributed by atoms with Crippen LogP contribution in [0.2, 0.25) is 0 Å². The zero-order valence-corrected chi connectivity index (χ0v) is 11.9. The Balaban J connectivity index is 2.55. The van der Waals surface area contributed by atoms with E-state index in [0.717, 1.165) is 0 Å². The molecule has 0 aliphatic heterocycles. The molecule has 0 aliphatic rings. The van der Waals surface area contributed by atoms with Crippen LogP contribution in [0, 0.1) is 0 Å². The summed E-state index contributed by atoms with van der Waals surface area (Å²) < 4.78 is 5.08. The highest BCUT2D eigenvalue weighted by Gasteiger charge is 2.21. The van der Waals surface area contributed by atoms with Crippen LogP contribution < -0.4 is 10.1 Å². The number of amides is 1. The minimum absolute atomic E-state index is 0.0206. The number of rotatable bonds is 9. The first-order valence-corrected chi connectivity index (χ1v) is 6.49. The molecule has 4 N–H and O–H groups in total. The molecular formula is C14H15NO8. The fourth-order valence-electron chi connectivity index (χ4n) is 1.63. The fourth-order valence-corrected chi connectivity index (χ4v) is 1.63. The van der Waals surface area contributed by atoms with Crippen LogP contribution in [0.15, 0.2) is 24.3 Å². The maximum Gasteiger partial charge on any atom is 0.335 e. The van der Waals surface area contributed by atoms with Crippen LogP contribution in [0.4, 0.5) is 0 Å². The molecular weight excluding hydrogens is 310 g/mol. The third kappa shape index (κ3) is 6.46. The van der Waals surface area contributed by atoms with Crippen molar-refractivity contribution in [1.29, 1.82) is 0 Å². The Morgan fingerprint density at radius 3 is 2.39 bits per heavy atom. The van der Waals surface area contributed by atoms with Gasteiger partial charge in [0.05, 0.1) is 5.56 Å². The molecule has 0 aromatic heterocycles. The fraction of sp³-hybridized carbons (Fsp3) is 0.286. The third-order valence-corrected chi connectivity index (χ3v) is 2.73. The summed E-state index contributed by atoms with van der Waals surface area (Å²) in [5.74, 6) is -4.31. The Morgan fingerprint density at radius 2 is 1.83 bits per heavy atom. The Hall–Kier alpha value is -3.10. The number of hydrogen-bond donors (Lipinski definition) is 4. The zero-order chi connectivity index (χ0) is 17.4. The van der Waals surface area contributed by atoms with Crippen molar-refractivity contribution in [1.82, 2.24) is 5.32 Å². The smallest absolute Gasteiger partial charge is 0.335 e. The van der Waals surface area contributed by atoms with Gasteiger partial charge in [-0.2, -0.15) is 0 Å². The second-order valence-electron chi connectivity index (χ2n) is 4.51. The zero-order valence-electron chi connectivity index (χ0n) is 11.9. The van der Waals surface area contributed by atoms with Crippen molar-refractivity contribution in [3.8, 4) is 5.75 Å². The van der Waals surface area contributed by atoms with Crippen molar-refractivity contribution in [3.63, 3.8) is 0 Å². The van der Waals surface area contributed by atoms with Crippen LogP contribution in [0.1, 0.15) is 23.2 Å². The quantitative estimate of drug-likeness (QED) is 0.502. The standard InChI is InChI=1S/C14H15NO8/c16-11(15-10(14(21)22)4-5-12(17)18)7-23-9-3-1-2-8(6-9)13(19)20/h1-3,6,10H,4-5,7H2,(H,15,16)(H,17,18)(H,19,20)(H,21,22)/t10-/m0/s1. The van der Waals surface area contributed by atoms with Gasteiger partial charge in [0.2, 0.25) is 0 Å². The van der Waals surface area contributed by atoms with Crippen LogP contribution in [0.5, 0.6) is 5.75 Å². The molecule has 23 heavy (non-hydrogen) atoms. The van der Waals surface area contributed by atoms with E-state index in [0.29, 0.717) is 0 Å². The summed E-state index contributed by atoms with van der Waals surface area (Å²) in [4.78, 5) is 43.8. The number of carbonyl (C=O) groups excluding carboxylic acids is 1. The third-order valence-electron chi connectivity index (χ3n) is 2.73. The lowest BCUT2D eigenvalue weighted by atomic mass is 10.1. The van der Waals surface area contributed by atoms with Crippen molar-refractivity contribution in [3.05, 3.63) is 29.8 Å². The predicted octanol–water partition coefficient (Wildman–Crippen LogP) is 0.198. The maximum absolute atomic E-state index is 11.6. The monoisotopic (exact) mass is 325 g/mol. The number of carbonyl (C=O) groups is 4. The molecule has 9 nitrogen and oxygen atoms in total. The van der Waals surface area contributed by atoms with Gasteiger partial charge in [-0.05, 0) is 24.6 Å². The van der Waals surface area contributed by atoms with Gasteiger partial charge in [-0.1, -0.05) is 6.07 Å². The summed E-state index contributed by atoms with van der Waals surface area (Å²) in [6, 6.07) is 4.10. The largest absolute Gasteiger partial charge is 0.484 e. The molecule has 1 aromatic rings. The summed E-state index contributed by atoms with van der Waals surface area (Å²) in [5, 5.41) is 28.4. The Labute approximate surface area is 130 Å². The molecule has 124 valence electrons. The molecule has 0 bridgehead atoms. The van der Waals surface area contributed by atoms with Crippen molar-refractivity contribution < 1.29 is 39.2 Å². The topological polar surface area (TPSA) is 150 Å². The molecule has 0 aliphatic carbocycles. The number of ether oxygens (including phenoxy) is 1. The molecule has 1 aromatic carbocycles. The van der Waals surface area contributed by atoms with Crippen LogP contribution >= 0.6 is 0 Å². The molecule has 1 rings (SSSR count). The molecule has 1 atom stereocenters. The van der Waals surface area contributed by atoms with Crippen LogP contribution in [0.3, 0.4) is 0 Å². The van der Waals surface area contributed by atoms with Gasteiger partial charge in [0.1, 0.15) is 11.8 Å². The minimum Gasteiger partial charge on any atom is -0.484 e. The number of aromatic carboxylic acids is 1. The number of aliphatic carboxylic acids is 2. The summed E-state index contributed by atoms with van der Waals surface area (Å²) >= 11 is 0. The van der Waals surface area contributed by atoms with E-state index in [-0.39, 0.29) is 17.7 Å². The van der Waals surface area contributed by atoms with Crippen LogP contribution in [-0.2, 0) is 14.4 Å². The van der Waals surface area contributed by atoms with Gasteiger partial charge in [0.25, 0.3) is 5.91 Å². The van der Waals surface area contributed by atoms with Crippen LogP contribution in [-0.4, -0.2) is 51.8 Å². The maximum atomic E-state index is 11.6. The molecule has 0 radical (unpaired) electrons. The van der Waals surface area contributed by atoms with Crippen molar-refractivity contribution in [2.75, 3.05) is 6.61 Å². The van der Waals surface area contributed by atoms with E-state index in [4.69, 9.17) is 20.1 Å². The van der Waals surface area contributed by atoms with Crippen molar-refractivity contribution in [2.24, 2.45) is 0 Å². The Bertz CT molecular complexity index is 613. The van der Waals surface area contributed by atoms with Crippen molar-refractivity contribution in [2.45, 2.75) is 18.9 Å². The first-order chi connectivity index (χ1) is 10.8. The average molecular weight is 325 g/mol. The van der Waals surface area contributed by atoms with Crippen molar-refractivity contribution >= 4 is 23.8 Å². The number of carboxylic acids is 3. The molecule has 0 spiro atoms. The first kappa shape index (κ1) is 18.0. The summed E-state index contributed by atoms with van der Waals surface area (Å²) in [5.41, 5.74) is -0.0206. The van der Waals surface area contributed by atoms with E-state index < -0.39 is 42.9 Å². The van der Waals surface area contributed by atoms with Gasteiger partial charge >= 0.3 is 17.9 Å². The lowest BCUT2D eigenvalue weighted by molar-refractivity contribution is -0.143. The highest BCUT2D eigenvalue weighted by Crippen LogP contribution is 2.13. The Morgan fingerprint density at radius 1 is 1.13 bits per heavy atom. The van der Waals surface area contributed by atoms with E-state index in [1.165, 1.54) is 24.3 Å². The van der Waals surface area contributed by atoms with Gasteiger partial charge < -0.3 is 25.4 Å². The number of benzene rings is 1. The van der Waals surface area contributed by atoms with Gasteiger partial charge in [0.15, 0.2) is 6.61 Å². The number of nitrogens with one attached hydrogen (secondary N) is 1. The summed E-state index contributed by atoms with van der Waals surface area (Å²) in [6.45, 7) is -0.528. The Kier molecular flexibility index (Phi) is 6.53. The molecule has 0 saturated heterocycles. The number of carboxylic acid groups (broad SMARTS) is 3. The second kappa shape index (κ2) is 8.37. The number of hydrogen-bond acceptors (Lipinski definition) is 5. The molecule has 1 amide bonds. The normalized spacial score (nSPS) is 11.3. The van der Waals surface area contributed by atoms with E-state index in [2.05, 4.69) is 5.32 Å². The second-order valence-corrected chi connectivity index (χ2v) is 4.51. The molecule has 9 heteroatoms. The highest BCUT2D eigenvalue weighted by atomic mass is 16.5. The van der Waals surface area contributed by atoms with E-state index in [1.807, 2.05) is 0 Å². The highest BCUT2D eigenvalue weighted by molar-refractivity contribution is 5.88. The van der Waals surface area contributed by atoms with Gasteiger partial charge in [-0.15, -0.1) is 0 Å². The average Bonchev–Trinajstić information content (AvgIpc) is 2.49.